The Morgan fingerprint density at radius 3 is 2.21 bits per heavy atom. The lowest BCUT2D eigenvalue weighted by molar-refractivity contribution is 0.0981. The number of carbonyl (C=O) groups is 1. The van der Waals surface area contributed by atoms with Crippen LogP contribution in [0.15, 0.2) is 91.0 Å². The van der Waals surface area contributed by atoms with Crippen LogP contribution in [-0.4, -0.2) is 18.0 Å². The molecule has 6 heteroatoms. The fraction of sp³-hybridized carbons (Fsp3) is 0.219. The molecule has 1 amide bonds. The Kier molecular flexibility index (Phi) is 7.92. The molecule has 2 heterocycles. The third-order valence-electron chi connectivity index (χ3n) is 6.84. The van der Waals surface area contributed by atoms with Gasteiger partial charge in [-0.3, -0.25) is 4.79 Å². The van der Waals surface area contributed by atoms with E-state index >= 15 is 0 Å². The molecule has 2 unspecified atom stereocenters. The second kappa shape index (κ2) is 11.5. The first-order chi connectivity index (χ1) is 18.4. The molecular weight excluding hydrogens is 515 g/mol. The summed E-state index contributed by atoms with van der Waals surface area (Å²) in [6.45, 7) is 4.60. The topological polar surface area (TPSA) is 41.6 Å². The summed E-state index contributed by atoms with van der Waals surface area (Å²) in [6, 6.07) is 30.2. The molecule has 6 rings (SSSR count). The Labute approximate surface area is 234 Å². The summed E-state index contributed by atoms with van der Waals surface area (Å²) in [7, 11) is 0. The van der Waals surface area contributed by atoms with Crippen LogP contribution in [0.1, 0.15) is 40.9 Å². The molecule has 0 spiro atoms. The zero-order chi connectivity index (χ0) is 26.6. The van der Waals surface area contributed by atoms with Crippen LogP contribution in [-0.2, 0) is 19.4 Å². The summed E-state index contributed by atoms with van der Waals surface area (Å²) in [5.74, 6) is 0.273. The van der Waals surface area contributed by atoms with Crippen molar-refractivity contribution in [1.29, 1.82) is 0 Å². The highest BCUT2D eigenvalue weighted by molar-refractivity contribution is 6.38. The van der Waals surface area contributed by atoms with Gasteiger partial charge >= 0.3 is 0 Å². The van der Waals surface area contributed by atoms with Gasteiger partial charge in [0.25, 0.3) is 5.91 Å². The maximum Gasteiger partial charge on any atom is 0.258 e. The van der Waals surface area contributed by atoms with Crippen LogP contribution in [0.5, 0.6) is 5.75 Å². The molecule has 4 nitrogen and oxygen atoms in total. The number of para-hydroxylation sites is 2. The Bertz CT molecular complexity index is 1390. The smallest absolute Gasteiger partial charge is 0.258 e. The van der Waals surface area contributed by atoms with E-state index in [1.807, 2.05) is 60.4 Å². The summed E-state index contributed by atoms with van der Waals surface area (Å²) in [5.41, 5.74) is 6.34. The summed E-state index contributed by atoms with van der Waals surface area (Å²) in [6.07, 6.45) is 2.01. The minimum absolute atomic E-state index is 0.0801. The Balaban J connectivity index is 0.000000244. The molecule has 38 heavy (non-hydrogen) atoms. The number of rotatable bonds is 4. The maximum atomic E-state index is 13.2. The van der Waals surface area contributed by atoms with E-state index in [0.29, 0.717) is 34.0 Å². The number of halogens is 2. The predicted molar refractivity (Wildman–Crippen MR) is 157 cm³/mol. The first-order valence-electron chi connectivity index (χ1n) is 12.8. The van der Waals surface area contributed by atoms with E-state index in [2.05, 4.69) is 42.6 Å². The molecule has 0 saturated heterocycles. The minimum Gasteiger partial charge on any atom is -0.486 e. The average molecular weight is 546 g/mol. The molecule has 0 fully saturated rings. The molecule has 2 aliphatic heterocycles. The van der Waals surface area contributed by atoms with Crippen molar-refractivity contribution < 1.29 is 9.53 Å². The van der Waals surface area contributed by atoms with Crippen molar-refractivity contribution in [3.8, 4) is 5.75 Å². The van der Waals surface area contributed by atoms with E-state index < -0.39 is 0 Å². The summed E-state index contributed by atoms with van der Waals surface area (Å²) in [4.78, 5) is 15.0. The molecule has 0 bridgehead atoms. The standard InChI is InChI=1S/C23H19Cl2NO2.C9H11N/c1-15-11-17-9-5-6-10-21(17)26(15)23(27)18-12-19(24)22(20(25)13-18)28-14-16-7-3-2-4-8-16;1-7-6-8-4-2-3-5-9(8)10-7/h2-10,12-13,15H,11,14H2,1H3;2-5,7,10H,6H2,1H3. The number of fused-ring (bicyclic) bond motifs is 2. The van der Waals surface area contributed by atoms with E-state index in [-0.39, 0.29) is 11.9 Å². The lowest BCUT2D eigenvalue weighted by Crippen LogP contribution is -2.35. The van der Waals surface area contributed by atoms with Crippen LogP contribution >= 0.6 is 23.2 Å². The zero-order valence-corrected chi connectivity index (χ0v) is 23.0. The van der Waals surface area contributed by atoms with E-state index in [4.69, 9.17) is 27.9 Å². The number of hydrogen-bond acceptors (Lipinski definition) is 3. The van der Waals surface area contributed by atoms with Gasteiger partial charge in [-0.1, -0.05) is 89.9 Å². The first-order valence-corrected chi connectivity index (χ1v) is 13.6. The SMILES string of the molecule is CC1Cc2ccccc2N1.CC1Cc2ccccc2N1C(=O)c1cc(Cl)c(OCc2ccccc2)c(Cl)c1. The highest BCUT2D eigenvalue weighted by Gasteiger charge is 2.31. The molecule has 4 aromatic rings. The Morgan fingerprint density at radius 1 is 0.868 bits per heavy atom. The largest absolute Gasteiger partial charge is 0.486 e. The summed E-state index contributed by atoms with van der Waals surface area (Å²) in [5, 5.41) is 4.05. The minimum atomic E-state index is -0.115. The molecule has 0 aromatic heterocycles. The van der Waals surface area contributed by atoms with Crippen molar-refractivity contribution in [2.24, 2.45) is 0 Å². The van der Waals surface area contributed by atoms with E-state index in [0.717, 1.165) is 17.7 Å². The molecule has 194 valence electrons. The summed E-state index contributed by atoms with van der Waals surface area (Å²) < 4.78 is 5.80. The molecule has 0 saturated carbocycles. The van der Waals surface area contributed by atoms with E-state index in [1.165, 1.54) is 23.2 Å². The van der Waals surface area contributed by atoms with Crippen molar-refractivity contribution in [3.05, 3.63) is 123 Å². The van der Waals surface area contributed by atoms with E-state index in [9.17, 15) is 4.79 Å². The number of nitrogens with one attached hydrogen (secondary N) is 1. The van der Waals surface area contributed by atoms with Gasteiger partial charge in [-0.15, -0.1) is 0 Å². The molecule has 2 atom stereocenters. The highest BCUT2D eigenvalue weighted by Crippen LogP contribution is 2.38. The van der Waals surface area contributed by atoms with Gasteiger partial charge < -0.3 is 15.0 Å². The van der Waals surface area contributed by atoms with Crippen LogP contribution in [0.2, 0.25) is 10.0 Å². The fourth-order valence-electron chi connectivity index (χ4n) is 5.05. The van der Waals surface area contributed by atoms with Gasteiger partial charge in [0.2, 0.25) is 0 Å². The van der Waals surface area contributed by atoms with Crippen molar-refractivity contribution in [3.63, 3.8) is 0 Å². The average Bonchev–Trinajstić information content (AvgIpc) is 3.46. The van der Waals surface area contributed by atoms with Crippen LogP contribution < -0.4 is 15.0 Å². The van der Waals surface area contributed by atoms with Gasteiger partial charge in [-0.25, -0.2) is 0 Å². The van der Waals surface area contributed by atoms with Crippen molar-refractivity contribution in [2.45, 2.75) is 45.4 Å². The van der Waals surface area contributed by atoms with Gasteiger partial charge in [0, 0.05) is 29.0 Å². The van der Waals surface area contributed by atoms with Crippen molar-refractivity contribution >= 4 is 40.5 Å². The third kappa shape index (κ3) is 5.67. The Hall–Kier alpha value is -3.47. The van der Waals surface area contributed by atoms with Crippen molar-refractivity contribution in [1.82, 2.24) is 0 Å². The number of anilines is 2. The number of hydrogen-bond donors (Lipinski definition) is 1. The van der Waals surface area contributed by atoms with Crippen LogP contribution in [0.25, 0.3) is 0 Å². The highest BCUT2D eigenvalue weighted by atomic mass is 35.5. The molecular formula is C32H30Cl2N2O2. The van der Waals surface area contributed by atoms with Gasteiger partial charge in [0.05, 0.1) is 10.0 Å². The number of benzene rings is 4. The number of amides is 1. The quantitative estimate of drug-likeness (QED) is 0.281. The number of carbonyl (C=O) groups excluding carboxylic acids is 1. The van der Waals surface area contributed by atoms with Gasteiger partial charge in [-0.2, -0.15) is 0 Å². The van der Waals surface area contributed by atoms with E-state index in [1.54, 1.807) is 12.1 Å². The third-order valence-corrected chi connectivity index (χ3v) is 7.40. The monoisotopic (exact) mass is 544 g/mol. The first kappa shape index (κ1) is 26.1. The van der Waals surface area contributed by atoms with Gasteiger partial charge in [-0.05, 0) is 67.6 Å². The van der Waals surface area contributed by atoms with Crippen molar-refractivity contribution in [2.75, 3.05) is 10.2 Å². The maximum absolute atomic E-state index is 13.2. The zero-order valence-electron chi connectivity index (χ0n) is 21.5. The summed E-state index contributed by atoms with van der Waals surface area (Å²) >= 11 is 12.8. The molecule has 2 aliphatic rings. The Morgan fingerprint density at radius 2 is 1.50 bits per heavy atom. The molecule has 1 N–H and O–H groups in total. The number of nitrogens with zero attached hydrogens (tertiary/aromatic N) is 1. The fourth-order valence-corrected chi connectivity index (χ4v) is 5.65. The van der Waals surface area contributed by atoms with Gasteiger partial charge in [0.1, 0.15) is 6.61 Å². The normalized spacial score (nSPS) is 17.1. The number of ether oxygens (including phenoxy) is 1. The lowest BCUT2D eigenvalue weighted by Gasteiger charge is -2.23. The lowest BCUT2D eigenvalue weighted by atomic mass is 10.1. The second-order valence-electron chi connectivity index (χ2n) is 9.81. The van der Waals surface area contributed by atoms with Gasteiger partial charge in [0.15, 0.2) is 5.75 Å². The van der Waals surface area contributed by atoms with Crippen LogP contribution in [0.4, 0.5) is 11.4 Å². The second-order valence-corrected chi connectivity index (χ2v) is 10.6. The predicted octanol–water partition coefficient (Wildman–Crippen LogP) is 8.21. The molecule has 0 radical (unpaired) electrons. The van der Waals surface area contributed by atoms with Crippen LogP contribution in [0.3, 0.4) is 0 Å². The molecule has 0 aliphatic carbocycles. The van der Waals surface area contributed by atoms with Crippen LogP contribution in [0, 0.1) is 0 Å². The molecule has 4 aromatic carbocycles.